The van der Waals surface area contributed by atoms with Gasteiger partial charge in [0.05, 0.1) is 12.1 Å². The fourth-order valence-corrected chi connectivity index (χ4v) is 3.17. The molecular formula is C20H22FN3O4. The Morgan fingerprint density at radius 2 is 2.00 bits per heavy atom. The third kappa shape index (κ3) is 5.42. The van der Waals surface area contributed by atoms with E-state index in [-0.39, 0.29) is 30.3 Å². The van der Waals surface area contributed by atoms with Gasteiger partial charge in [-0.15, -0.1) is 0 Å². The fraction of sp³-hybridized carbons (Fsp3) is 0.350. The summed E-state index contributed by atoms with van der Waals surface area (Å²) in [6, 6.07) is 7.47. The van der Waals surface area contributed by atoms with Crippen molar-refractivity contribution in [3.05, 3.63) is 54.1 Å². The molecule has 1 aromatic heterocycles. The molecule has 0 aliphatic heterocycles. The zero-order chi connectivity index (χ0) is 19.9. The van der Waals surface area contributed by atoms with E-state index < -0.39 is 11.8 Å². The molecule has 7 nitrogen and oxygen atoms in total. The number of aromatic nitrogens is 1. The number of carboxylic acid groups (broad SMARTS) is 1. The number of nitrogens with zero attached hydrogens (tertiary/aromatic N) is 1. The van der Waals surface area contributed by atoms with Crippen LogP contribution in [-0.2, 0) is 11.3 Å². The molecule has 3 N–H and O–H groups in total. The van der Waals surface area contributed by atoms with Crippen LogP contribution in [-0.4, -0.2) is 28.1 Å². The molecule has 0 bridgehead atoms. The quantitative estimate of drug-likeness (QED) is 0.705. The molecule has 1 saturated carbocycles. The van der Waals surface area contributed by atoms with Crippen molar-refractivity contribution in [2.45, 2.75) is 38.3 Å². The van der Waals surface area contributed by atoms with Gasteiger partial charge in [-0.25, -0.2) is 9.18 Å². The van der Waals surface area contributed by atoms with Crippen LogP contribution in [0.3, 0.4) is 0 Å². The Kier molecular flexibility index (Phi) is 6.41. The summed E-state index contributed by atoms with van der Waals surface area (Å²) in [5, 5.41) is 14.5. The van der Waals surface area contributed by atoms with Gasteiger partial charge in [-0.2, -0.15) is 0 Å². The van der Waals surface area contributed by atoms with Gasteiger partial charge in [-0.3, -0.25) is 9.78 Å². The molecule has 3 rings (SSSR count). The lowest BCUT2D eigenvalue weighted by molar-refractivity contribution is -0.142. The van der Waals surface area contributed by atoms with Crippen LogP contribution in [0.4, 0.5) is 9.18 Å². The van der Waals surface area contributed by atoms with Crippen LogP contribution in [0.5, 0.6) is 11.5 Å². The molecule has 2 aromatic rings. The average molecular weight is 387 g/mol. The number of carbonyl (C=O) groups excluding carboxylic acids is 1. The number of amides is 2. The van der Waals surface area contributed by atoms with Gasteiger partial charge in [0.1, 0.15) is 5.75 Å². The monoisotopic (exact) mass is 387 g/mol. The Morgan fingerprint density at radius 1 is 1.21 bits per heavy atom. The largest absolute Gasteiger partial charge is 0.481 e. The van der Waals surface area contributed by atoms with Crippen molar-refractivity contribution in [2.24, 2.45) is 5.92 Å². The summed E-state index contributed by atoms with van der Waals surface area (Å²) in [7, 11) is 0. The maximum atomic E-state index is 14.2. The van der Waals surface area contributed by atoms with E-state index in [2.05, 4.69) is 15.6 Å². The predicted molar refractivity (Wildman–Crippen MR) is 99.5 cm³/mol. The molecule has 1 aliphatic rings. The van der Waals surface area contributed by atoms with E-state index in [9.17, 15) is 14.0 Å². The highest BCUT2D eigenvalue weighted by atomic mass is 19.1. The van der Waals surface area contributed by atoms with Crippen LogP contribution >= 0.6 is 0 Å². The molecule has 0 unspecified atom stereocenters. The van der Waals surface area contributed by atoms with Crippen molar-refractivity contribution in [1.29, 1.82) is 0 Å². The van der Waals surface area contributed by atoms with Crippen LogP contribution in [0.25, 0.3) is 0 Å². The molecule has 148 valence electrons. The number of ether oxygens (including phenoxy) is 1. The van der Waals surface area contributed by atoms with Gasteiger partial charge in [0.2, 0.25) is 0 Å². The summed E-state index contributed by atoms with van der Waals surface area (Å²) >= 11 is 0. The van der Waals surface area contributed by atoms with E-state index in [1.54, 1.807) is 24.4 Å². The van der Waals surface area contributed by atoms with Crippen LogP contribution in [0.1, 0.15) is 31.2 Å². The Morgan fingerprint density at radius 3 is 2.64 bits per heavy atom. The minimum Gasteiger partial charge on any atom is -0.481 e. The first-order valence-corrected chi connectivity index (χ1v) is 9.14. The smallest absolute Gasteiger partial charge is 0.315 e. The van der Waals surface area contributed by atoms with Gasteiger partial charge in [0, 0.05) is 18.8 Å². The standard InChI is InChI=1S/C20H22FN3O4/c21-17-10-13(3-8-18(17)28-16-2-1-9-22-12-16)11-23-20(27)24-15-6-4-14(5-7-15)19(25)26/h1-3,8-10,12,14-15H,4-7,11H2,(H,25,26)(H2,23,24,27). The fourth-order valence-electron chi connectivity index (χ4n) is 3.17. The molecule has 28 heavy (non-hydrogen) atoms. The highest BCUT2D eigenvalue weighted by Gasteiger charge is 2.26. The number of benzene rings is 1. The second-order valence-corrected chi connectivity index (χ2v) is 6.77. The number of nitrogens with one attached hydrogen (secondary N) is 2. The normalized spacial score (nSPS) is 18.9. The average Bonchev–Trinajstić information content (AvgIpc) is 2.69. The molecular weight excluding hydrogens is 365 g/mol. The first kappa shape index (κ1) is 19.6. The van der Waals surface area contributed by atoms with Crippen LogP contribution in [0.15, 0.2) is 42.7 Å². The first-order valence-electron chi connectivity index (χ1n) is 9.14. The van der Waals surface area contributed by atoms with Crippen molar-refractivity contribution in [2.75, 3.05) is 0 Å². The predicted octanol–water partition coefficient (Wildman–Crippen LogP) is 3.46. The number of rotatable bonds is 6. The lowest BCUT2D eigenvalue weighted by Crippen LogP contribution is -2.43. The highest BCUT2D eigenvalue weighted by molar-refractivity contribution is 5.74. The minimum atomic E-state index is -0.777. The van der Waals surface area contributed by atoms with E-state index in [4.69, 9.17) is 9.84 Å². The first-order chi connectivity index (χ1) is 13.5. The number of carboxylic acids is 1. The number of hydrogen-bond donors (Lipinski definition) is 3. The molecule has 2 amide bonds. The third-order valence-corrected chi connectivity index (χ3v) is 4.72. The van der Waals surface area contributed by atoms with Crippen molar-refractivity contribution in [3.63, 3.8) is 0 Å². The number of carbonyl (C=O) groups is 2. The van der Waals surface area contributed by atoms with E-state index in [0.29, 0.717) is 37.0 Å². The molecule has 1 fully saturated rings. The van der Waals surface area contributed by atoms with Crippen LogP contribution in [0.2, 0.25) is 0 Å². The van der Waals surface area contributed by atoms with Gasteiger partial charge in [0.25, 0.3) is 0 Å². The maximum Gasteiger partial charge on any atom is 0.315 e. The second-order valence-electron chi connectivity index (χ2n) is 6.77. The molecule has 1 aliphatic carbocycles. The van der Waals surface area contributed by atoms with E-state index >= 15 is 0 Å². The minimum absolute atomic E-state index is 0.0393. The topological polar surface area (TPSA) is 101 Å². The van der Waals surface area contributed by atoms with Gasteiger partial charge in [0.15, 0.2) is 11.6 Å². The molecule has 0 atom stereocenters. The summed E-state index contributed by atoms with van der Waals surface area (Å²) in [5.74, 6) is -1.12. The maximum absolute atomic E-state index is 14.2. The summed E-state index contributed by atoms with van der Waals surface area (Å²) in [6.45, 7) is 0.167. The molecule has 1 heterocycles. The number of hydrogen-bond acceptors (Lipinski definition) is 4. The second kappa shape index (κ2) is 9.16. The van der Waals surface area contributed by atoms with Crippen molar-refractivity contribution < 1.29 is 23.8 Å². The lowest BCUT2D eigenvalue weighted by Gasteiger charge is -2.26. The molecule has 0 radical (unpaired) electrons. The third-order valence-electron chi connectivity index (χ3n) is 4.72. The van der Waals surface area contributed by atoms with Crippen molar-refractivity contribution >= 4 is 12.0 Å². The zero-order valence-corrected chi connectivity index (χ0v) is 15.2. The van der Waals surface area contributed by atoms with Crippen molar-refractivity contribution in [1.82, 2.24) is 15.6 Å². The highest BCUT2D eigenvalue weighted by Crippen LogP contribution is 2.25. The Labute approximate surface area is 161 Å². The van der Waals surface area contributed by atoms with Crippen molar-refractivity contribution in [3.8, 4) is 11.5 Å². The number of aliphatic carboxylic acids is 1. The molecule has 1 aromatic carbocycles. The zero-order valence-electron chi connectivity index (χ0n) is 15.2. The molecule has 0 saturated heterocycles. The summed E-state index contributed by atoms with van der Waals surface area (Å²) < 4.78 is 19.6. The Hall–Kier alpha value is -3.16. The summed E-state index contributed by atoms with van der Waals surface area (Å²) in [5.41, 5.74) is 0.598. The van der Waals surface area contributed by atoms with Gasteiger partial charge in [-0.1, -0.05) is 6.07 Å². The van der Waals surface area contributed by atoms with E-state index in [0.717, 1.165) is 0 Å². The van der Waals surface area contributed by atoms with Gasteiger partial charge in [-0.05, 0) is 55.5 Å². The Bertz CT molecular complexity index is 823. The van der Waals surface area contributed by atoms with Gasteiger partial charge < -0.3 is 20.5 Å². The van der Waals surface area contributed by atoms with Crippen LogP contribution < -0.4 is 15.4 Å². The van der Waals surface area contributed by atoms with E-state index in [1.165, 1.54) is 18.3 Å². The molecule has 8 heteroatoms. The number of urea groups is 1. The summed E-state index contributed by atoms with van der Waals surface area (Å²) in [6.07, 6.45) is 5.48. The number of pyridine rings is 1. The SMILES string of the molecule is O=C(NCc1ccc(Oc2cccnc2)c(F)c1)NC1CCC(C(=O)O)CC1. The molecule has 0 spiro atoms. The lowest BCUT2D eigenvalue weighted by atomic mass is 9.86. The Balaban J connectivity index is 1.46. The van der Waals surface area contributed by atoms with Gasteiger partial charge >= 0.3 is 12.0 Å². The number of halogens is 1. The van der Waals surface area contributed by atoms with E-state index in [1.807, 2.05) is 0 Å². The van der Waals surface area contributed by atoms with Crippen LogP contribution in [0, 0.1) is 11.7 Å². The summed E-state index contributed by atoms with van der Waals surface area (Å²) in [4.78, 5) is 26.9.